The van der Waals surface area contributed by atoms with Gasteiger partial charge in [-0.05, 0) is 103 Å². The van der Waals surface area contributed by atoms with E-state index in [1.54, 1.807) is 6.08 Å². The van der Waals surface area contributed by atoms with Gasteiger partial charge in [0.1, 0.15) is 48.8 Å². The van der Waals surface area contributed by atoms with Crippen LogP contribution in [0.3, 0.4) is 0 Å². The van der Waals surface area contributed by atoms with Crippen LogP contribution in [0.1, 0.15) is 251 Å². The third-order valence-corrected chi connectivity index (χ3v) is 16.4. The zero-order chi connectivity index (χ0) is 64.5. The molecule has 0 radical (unpaired) electrons. The van der Waals surface area contributed by atoms with E-state index in [9.17, 15) is 45.6 Å². The molecule has 2 saturated heterocycles. The Morgan fingerprint density at radius 2 is 0.787 bits per heavy atom. The summed E-state index contributed by atoms with van der Waals surface area (Å²) in [6.45, 7) is 2.67. The standard InChI is InChI=1S/C75H127NO13/c1-3-5-7-9-11-13-15-17-19-21-23-25-27-28-29-30-31-32-33-34-35-36-37-39-41-43-45-47-49-51-53-55-57-59-67(80)76-63(62-86-74-72(85)70(83)73(66(61-78)88-74)89-75-71(84)69(82)68(81)65(60-77)87-75)64(79)58-56-54-52-50-48-46-44-42-40-38-26-24-22-20-18-16-14-12-10-8-6-4-2/h5,7,11,13,17,19,23,25,28-29,31-32,34-35,40,42,48,50,56,58,63-66,68-75,77-79,81-85H,3-4,6,8-10,12,14-16,18,20-22,24,26-27,30,33,36-39,41,43-47,49,51-55,57,59-62H2,1-2H3,(H,76,80)/b7-5-,13-11-,19-17-,25-23-,29-28-,32-31-,35-34-,42-40+,50-48+,58-56+. The summed E-state index contributed by atoms with van der Waals surface area (Å²) in [6.07, 6.45) is 68.2. The normalized spacial score (nSPS) is 23.8. The molecule has 0 aliphatic carbocycles. The average molecular weight is 1250 g/mol. The lowest BCUT2D eigenvalue weighted by Gasteiger charge is -2.46. The second-order valence-electron chi connectivity index (χ2n) is 24.3. The highest BCUT2D eigenvalue weighted by atomic mass is 16.7. The molecule has 14 nitrogen and oxygen atoms in total. The largest absolute Gasteiger partial charge is 0.394 e. The molecule has 12 unspecified atom stereocenters. The first kappa shape index (κ1) is 81.5. The highest BCUT2D eigenvalue weighted by Gasteiger charge is 2.51. The predicted octanol–water partition coefficient (Wildman–Crippen LogP) is 14.5. The Kier molecular flexibility index (Phi) is 53.3. The van der Waals surface area contributed by atoms with E-state index in [0.29, 0.717) is 12.8 Å². The van der Waals surface area contributed by atoms with Crippen LogP contribution in [-0.2, 0) is 23.7 Å². The number of aliphatic hydroxyl groups is 8. The Morgan fingerprint density at radius 1 is 0.416 bits per heavy atom. The van der Waals surface area contributed by atoms with E-state index in [1.807, 2.05) is 6.08 Å². The van der Waals surface area contributed by atoms with Gasteiger partial charge in [0.25, 0.3) is 0 Å². The molecule has 0 saturated carbocycles. The molecule has 2 fully saturated rings. The van der Waals surface area contributed by atoms with Crippen LogP contribution in [-0.4, -0.2) is 140 Å². The highest BCUT2D eigenvalue weighted by Crippen LogP contribution is 2.30. The van der Waals surface area contributed by atoms with Gasteiger partial charge in [-0.25, -0.2) is 0 Å². The predicted molar refractivity (Wildman–Crippen MR) is 364 cm³/mol. The Bertz CT molecular complexity index is 1960. The van der Waals surface area contributed by atoms with E-state index < -0.39 is 86.8 Å². The third kappa shape index (κ3) is 42.3. The van der Waals surface area contributed by atoms with Crippen LogP contribution in [0.15, 0.2) is 122 Å². The number of hydrogen-bond acceptors (Lipinski definition) is 13. The van der Waals surface area contributed by atoms with Gasteiger partial charge in [0.2, 0.25) is 5.91 Å². The minimum absolute atomic E-state index is 0.259. The zero-order valence-corrected chi connectivity index (χ0v) is 55.4. The number of aliphatic hydroxyl groups excluding tert-OH is 8. The van der Waals surface area contributed by atoms with Crippen molar-refractivity contribution in [3.05, 3.63) is 122 Å². The van der Waals surface area contributed by atoms with Gasteiger partial charge in [0, 0.05) is 6.42 Å². The van der Waals surface area contributed by atoms with Crippen LogP contribution in [0.4, 0.5) is 0 Å². The summed E-state index contributed by atoms with van der Waals surface area (Å²) in [6, 6.07) is -0.949. The Balaban J connectivity index is 1.70. The van der Waals surface area contributed by atoms with Gasteiger partial charge in [-0.15, -0.1) is 0 Å². The molecule has 2 rings (SSSR count). The van der Waals surface area contributed by atoms with Gasteiger partial charge in [-0.3, -0.25) is 4.79 Å². The van der Waals surface area contributed by atoms with Crippen molar-refractivity contribution in [2.24, 2.45) is 0 Å². The van der Waals surface area contributed by atoms with Crippen LogP contribution in [0.25, 0.3) is 0 Å². The Hall–Kier alpha value is -3.61. The monoisotopic (exact) mass is 1250 g/mol. The number of amides is 1. The number of allylic oxidation sites excluding steroid dienone is 19. The van der Waals surface area contributed by atoms with Crippen molar-refractivity contribution in [2.45, 2.75) is 325 Å². The van der Waals surface area contributed by atoms with Crippen LogP contribution in [0, 0.1) is 0 Å². The van der Waals surface area contributed by atoms with Gasteiger partial charge in [-0.1, -0.05) is 264 Å². The quantitative estimate of drug-likeness (QED) is 0.0204. The van der Waals surface area contributed by atoms with Crippen LogP contribution in [0.5, 0.6) is 0 Å². The van der Waals surface area contributed by atoms with E-state index in [-0.39, 0.29) is 18.9 Å². The number of carbonyl (C=O) groups excluding carboxylic acids is 1. The number of ether oxygens (including phenoxy) is 4. The van der Waals surface area contributed by atoms with Crippen LogP contribution >= 0.6 is 0 Å². The fourth-order valence-electron chi connectivity index (χ4n) is 10.8. The maximum Gasteiger partial charge on any atom is 0.220 e. The van der Waals surface area contributed by atoms with E-state index in [2.05, 4.69) is 129 Å². The molecule has 510 valence electrons. The lowest BCUT2D eigenvalue weighted by molar-refractivity contribution is -0.359. The molecule has 2 aliphatic rings. The van der Waals surface area contributed by atoms with Crippen molar-refractivity contribution in [1.82, 2.24) is 5.32 Å². The van der Waals surface area contributed by atoms with E-state index in [4.69, 9.17) is 18.9 Å². The van der Waals surface area contributed by atoms with Gasteiger partial charge < -0.3 is 65.1 Å². The minimum atomic E-state index is -1.80. The molecular formula is C75H127NO13. The molecule has 2 heterocycles. The van der Waals surface area contributed by atoms with Gasteiger partial charge in [0.15, 0.2) is 12.6 Å². The first-order valence-corrected chi connectivity index (χ1v) is 35.3. The van der Waals surface area contributed by atoms with Crippen LogP contribution in [0.2, 0.25) is 0 Å². The summed E-state index contributed by atoms with van der Waals surface area (Å²) in [7, 11) is 0. The van der Waals surface area contributed by atoms with E-state index in [0.717, 1.165) is 96.3 Å². The number of unbranched alkanes of at least 4 members (excludes halogenated alkanes) is 25. The van der Waals surface area contributed by atoms with E-state index >= 15 is 0 Å². The second kappa shape index (κ2) is 58.2. The lowest BCUT2D eigenvalue weighted by Crippen LogP contribution is -2.65. The topological polar surface area (TPSA) is 228 Å². The maximum atomic E-state index is 13.3. The first-order chi connectivity index (χ1) is 43.6. The van der Waals surface area contributed by atoms with Gasteiger partial charge >= 0.3 is 0 Å². The van der Waals surface area contributed by atoms with Crippen molar-refractivity contribution >= 4 is 5.91 Å². The molecule has 9 N–H and O–H groups in total. The summed E-state index contributed by atoms with van der Waals surface area (Å²) in [4.78, 5) is 13.3. The van der Waals surface area contributed by atoms with Crippen molar-refractivity contribution < 1.29 is 64.6 Å². The van der Waals surface area contributed by atoms with Gasteiger partial charge in [-0.2, -0.15) is 0 Å². The van der Waals surface area contributed by atoms with Crippen molar-refractivity contribution in [2.75, 3.05) is 19.8 Å². The summed E-state index contributed by atoms with van der Waals surface area (Å²) in [5.74, 6) is -0.260. The molecule has 0 aromatic heterocycles. The number of hydrogen-bond donors (Lipinski definition) is 9. The number of rotatable bonds is 56. The fraction of sp³-hybridized carbons (Fsp3) is 0.720. The molecule has 2 aliphatic heterocycles. The summed E-state index contributed by atoms with van der Waals surface area (Å²) in [5, 5.41) is 87.4. The molecule has 89 heavy (non-hydrogen) atoms. The number of nitrogens with one attached hydrogen (secondary N) is 1. The summed E-state index contributed by atoms with van der Waals surface area (Å²) in [5.41, 5.74) is 0. The van der Waals surface area contributed by atoms with Crippen molar-refractivity contribution in [3.63, 3.8) is 0 Å². The molecule has 12 atom stereocenters. The smallest absolute Gasteiger partial charge is 0.220 e. The first-order valence-electron chi connectivity index (χ1n) is 35.3. The Labute approximate surface area is 539 Å². The zero-order valence-electron chi connectivity index (χ0n) is 55.4. The molecule has 14 heteroatoms. The van der Waals surface area contributed by atoms with Crippen molar-refractivity contribution in [1.29, 1.82) is 0 Å². The molecule has 0 aromatic rings. The maximum absolute atomic E-state index is 13.3. The third-order valence-electron chi connectivity index (χ3n) is 16.4. The molecule has 0 bridgehead atoms. The molecule has 0 spiro atoms. The molecule has 0 aromatic carbocycles. The minimum Gasteiger partial charge on any atom is -0.394 e. The SMILES string of the molecule is CC/C=C\C/C=C\C/C=C\C/C=C\C/C=C\C/C=C\C/C=C\CCCCCCCCCCCCCC(=O)NC(COC1OC(CO)C(OC2OC(CO)C(O)C(O)C2O)C(O)C1O)C(O)/C=C/CC/C=C/CC/C=C/CCCCCCCCCCCCCC. The average Bonchev–Trinajstić information content (AvgIpc) is 2.75. The van der Waals surface area contributed by atoms with Crippen LogP contribution < -0.4 is 5.32 Å². The fourth-order valence-corrected chi connectivity index (χ4v) is 10.8. The highest BCUT2D eigenvalue weighted by molar-refractivity contribution is 5.76. The summed E-state index contributed by atoms with van der Waals surface area (Å²) >= 11 is 0. The van der Waals surface area contributed by atoms with Crippen molar-refractivity contribution in [3.8, 4) is 0 Å². The molecule has 1 amide bonds. The Morgan fingerprint density at radius 3 is 1.24 bits per heavy atom. The lowest BCUT2D eigenvalue weighted by atomic mass is 9.97. The molecular weight excluding hydrogens is 1120 g/mol. The van der Waals surface area contributed by atoms with E-state index in [1.165, 1.54) is 122 Å². The summed E-state index contributed by atoms with van der Waals surface area (Å²) < 4.78 is 22.8. The van der Waals surface area contributed by atoms with Gasteiger partial charge in [0.05, 0.1) is 32.0 Å². The number of carbonyl (C=O) groups is 1. The second-order valence-corrected chi connectivity index (χ2v) is 24.3.